The fourth-order valence-corrected chi connectivity index (χ4v) is 4.21. The maximum atomic E-state index is 12.5. The second-order valence-corrected chi connectivity index (χ2v) is 8.19. The zero-order valence-corrected chi connectivity index (χ0v) is 17.6. The number of carbonyl (C=O) groups is 1. The van der Waals surface area contributed by atoms with Gasteiger partial charge in [0.2, 0.25) is 0 Å². The van der Waals surface area contributed by atoms with Crippen LogP contribution < -0.4 is 10.1 Å². The number of unbranched alkanes of at least 4 members (excludes halogenated alkanes) is 2. The smallest absolute Gasteiger partial charge is 0.257 e. The maximum Gasteiger partial charge on any atom is 0.257 e. The zero-order valence-electron chi connectivity index (χ0n) is 14.5. The molecule has 4 nitrogen and oxygen atoms in total. The van der Waals surface area contributed by atoms with Gasteiger partial charge in [-0.15, -0.1) is 0 Å². The zero-order chi connectivity index (χ0) is 19.4. The van der Waals surface area contributed by atoms with Crippen LogP contribution in [0.1, 0.15) is 36.5 Å². The molecular formula is C19H17Cl3N2O2S. The Morgan fingerprint density at radius 3 is 2.59 bits per heavy atom. The summed E-state index contributed by atoms with van der Waals surface area (Å²) in [5.74, 6) is 0.0575. The Kier molecular flexibility index (Phi) is 6.82. The highest BCUT2D eigenvalue weighted by molar-refractivity contribution is 7.22. The van der Waals surface area contributed by atoms with Crippen molar-refractivity contribution in [2.45, 2.75) is 26.2 Å². The monoisotopic (exact) mass is 442 g/mol. The van der Waals surface area contributed by atoms with E-state index in [0.717, 1.165) is 29.5 Å². The second-order valence-electron chi connectivity index (χ2n) is 5.91. The molecule has 0 aliphatic heterocycles. The average Bonchev–Trinajstić information content (AvgIpc) is 3.01. The molecule has 142 valence electrons. The molecule has 3 rings (SSSR count). The lowest BCUT2D eigenvalue weighted by Crippen LogP contribution is -2.12. The SMILES string of the molecule is CCCCCOc1c(Cl)cc(C(=O)Nc2nc3ccc(Cl)cc3s2)cc1Cl. The number of nitrogens with one attached hydrogen (secondary N) is 1. The summed E-state index contributed by atoms with van der Waals surface area (Å²) in [6.45, 7) is 2.65. The molecule has 3 aromatic rings. The third-order valence-corrected chi connectivity index (χ3v) is 5.56. The highest BCUT2D eigenvalue weighted by Crippen LogP contribution is 2.35. The Morgan fingerprint density at radius 2 is 1.89 bits per heavy atom. The first-order valence-electron chi connectivity index (χ1n) is 8.47. The van der Waals surface area contributed by atoms with Crippen molar-refractivity contribution in [2.75, 3.05) is 11.9 Å². The van der Waals surface area contributed by atoms with E-state index in [2.05, 4.69) is 17.2 Å². The van der Waals surface area contributed by atoms with Crippen LogP contribution in [-0.2, 0) is 0 Å². The van der Waals surface area contributed by atoms with E-state index in [1.54, 1.807) is 18.2 Å². The molecule has 0 fully saturated rings. The molecule has 0 aliphatic carbocycles. The molecule has 0 radical (unpaired) electrons. The molecule has 0 saturated carbocycles. The van der Waals surface area contributed by atoms with E-state index in [-0.39, 0.29) is 5.91 Å². The molecule has 1 N–H and O–H groups in total. The molecule has 0 saturated heterocycles. The first-order chi connectivity index (χ1) is 13.0. The van der Waals surface area contributed by atoms with Crippen molar-refractivity contribution in [3.8, 4) is 5.75 Å². The number of fused-ring (bicyclic) bond motifs is 1. The van der Waals surface area contributed by atoms with Crippen LogP contribution in [0.5, 0.6) is 5.75 Å². The molecule has 27 heavy (non-hydrogen) atoms. The lowest BCUT2D eigenvalue weighted by atomic mass is 10.2. The fraction of sp³-hybridized carbons (Fsp3) is 0.263. The molecule has 1 amide bonds. The van der Waals surface area contributed by atoms with E-state index in [4.69, 9.17) is 39.5 Å². The van der Waals surface area contributed by atoms with E-state index < -0.39 is 0 Å². The van der Waals surface area contributed by atoms with Crippen molar-refractivity contribution in [1.82, 2.24) is 4.98 Å². The Balaban J connectivity index is 1.73. The van der Waals surface area contributed by atoms with Gasteiger partial charge < -0.3 is 4.74 Å². The number of halogens is 3. The topological polar surface area (TPSA) is 51.2 Å². The number of hydrogen-bond donors (Lipinski definition) is 1. The van der Waals surface area contributed by atoms with Crippen LogP contribution in [0.25, 0.3) is 10.2 Å². The first kappa shape index (κ1) is 20.2. The molecule has 8 heteroatoms. The Hall–Kier alpha value is -1.53. The van der Waals surface area contributed by atoms with Gasteiger partial charge in [-0.2, -0.15) is 0 Å². The highest BCUT2D eigenvalue weighted by atomic mass is 35.5. The van der Waals surface area contributed by atoms with E-state index in [9.17, 15) is 4.79 Å². The molecular weight excluding hydrogens is 427 g/mol. The van der Waals surface area contributed by atoms with E-state index >= 15 is 0 Å². The quantitative estimate of drug-likeness (QED) is 0.397. The van der Waals surface area contributed by atoms with Crippen LogP contribution in [0.4, 0.5) is 5.13 Å². The number of aromatic nitrogens is 1. The lowest BCUT2D eigenvalue weighted by Gasteiger charge is -2.11. The summed E-state index contributed by atoms with van der Waals surface area (Å²) in [5.41, 5.74) is 1.11. The second kappa shape index (κ2) is 9.11. The number of carbonyl (C=O) groups excluding carboxylic acids is 1. The largest absolute Gasteiger partial charge is 0.490 e. The molecule has 0 spiro atoms. The van der Waals surface area contributed by atoms with Crippen LogP contribution in [0.15, 0.2) is 30.3 Å². The number of benzene rings is 2. The first-order valence-corrected chi connectivity index (χ1v) is 10.4. The average molecular weight is 444 g/mol. The van der Waals surface area contributed by atoms with E-state index in [1.807, 2.05) is 12.1 Å². The van der Waals surface area contributed by atoms with Gasteiger partial charge in [0.05, 0.1) is 26.9 Å². The van der Waals surface area contributed by atoms with Crippen LogP contribution in [0.3, 0.4) is 0 Å². The van der Waals surface area contributed by atoms with Crippen molar-refractivity contribution in [3.05, 3.63) is 51.0 Å². The van der Waals surface area contributed by atoms with Crippen molar-refractivity contribution in [1.29, 1.82) is 0 Å². The molecule has 1 heterocycles. The van der Waals surface area contributed by atoms with Gasteiger partial charge in [0, 0.05) is 10.6 Å². The minimum atomic E-state index is -0.346. The minimum Gasteiger partial charge on any atom is -0.490 e. The number of hydrogen-bond acceptors (Lipinski definition) is 4. The van der Waals surface area contributed by atoms with Gasteiger partial charge in [0.1, 0.15) is 0 Å². The predicted octanol–water partition coefficient (Wildman–Crippen LogP) is 7.08. The van der Waals surface area contributed by atoms with Crippen molar-refractivity contribution in [3.63, 3.8) is 0 Å². The lowest BCUT2D eigenvalue weighted by molar-refractivity contribution is 0.102. The van der Waals surface area contributed by atoms with Gasteiger partial charge in [-0.3, -0.25) is 10.1 Å². The number of rotatable bonds is 7. The van der Waals surface area contributed by atoms with Gasteiger partial charge in [-0.1, -0.05) is 65.9 Å². The van der Waals surface area contributed by atoms with Crippen LogP contribution in [0, 0.1) is 0 Å². The number of nitrogens with zero attached hydrogens (tertiary/aromatic N) is 1. The van der Waals surface area contributed by atoms with Crippen molar-refractivity contribution >= 4 is 67.4 Å². The molecule has 0 bridgehead atoms. The summed E-state index contributed by atoms with van der Waals surface area (Å²) >= 11 is 19.8. The Labute approximate surface area is 176 Å². The summed E-state index contributed by atoms with van der Waals surface area (Å²) in [7, 11) is 0. The van der Waals surface area contributed by atoms with Gasteiger partial charge >= 0.3 is 0 Å². The van der Waals surface area contributed by atoms with Crippen molar-refractivity contribution in [2.24, 2.45) is 0 Å². The summed E-state index contributed by atoms with van der Waals surface area (Å²) in [4.78, 5) is 16.9. The minimum absolute atomic E-state index is 0.306. The number of anilines is 1. The van der Waals surface area contributed by atoms with E-state index in [1.165, 1.54) is 11.3 Å². The van der Waals surface area contributed by atoms with Gasteiger partial charge in [0.15, 0.2) is 10.9 Å². The Morgan fingerprint density at radius 1 is 1.15 bits per heavy atom. The normalized spacial score (nSPS) is 11.0. The standard InChI is InChI=1S/C19H17Cl3N2O2S/c1-2-3-4-7-26-17-13(21)8-11(9-14(17)22)18(25)24-19-23-15-6-5-12(20)10-16(15)27-19/h5-6,8-10H,2-4,7H2,1H3,(H,23,24,25). The highest BCUT2D eigenvalue weighted by Gasteiger charge is 2.16. The summed E-state index contributed by atoms with van der Waals surface area (Å²) < 4.78 is 6.55. The number of ether oxygens (including phenoxy) is 1. The van der Waals surface area contributed by atoms with E-state index in [0.29, 0.717) is 38.1 Å². The third kappa shape index (κ3) is 5.05. The number of thiazole rings is 1. The molecule has 2 aromatic carbocycles. The van der Waals surface area contributed by atoms with Crippen molar-refractivity contribution < 1.29 is 9.53 Å². The number of amides is 1. The predicted molar refractivity (Wildman–Crippen MR) is 114 cm³/mol. The fourth-order valence-electron chi connectivity index (χ4n) is 2.48. The molecule has 0 aliphatic rings. The Bertz CT molecular complexity index is 952. The molecule has 0 atom stereocenters. The van der Waals surface area contributed by atoms with Crippen LogP contribution in [-0.4, -0.2) is 17.5 Å². The van der Waals surface area contributed by atoms with Crippen LogP contribution >= 0.6 is 46.1 Å². The van der Waals surface area contributed by atoms with Gasteiger partial charge in [-0.25, -0.2) is 4.98 Å². The summed E-state index contributed by atoms with van der Waals surface area (Å²) in [6, 6.07) is 8.46. The van der Waals surface area contributed by atoms with Gasteiger partial charge in [-0.05, 0) is 36.8 Å². The van der Waals surface area contributed by atoms with Crippen LogP contribution in [0.2, 0.25) is 15.1 Å². The molecule has 0 unspecified atom stereocenters. The summed E-state index contributed by atoms with van der Waals surface area (Å²) in [6.07, 6.45) is 3.10. The third-order valence-electron chi connectivity index (χ3n) is 3.83. The maximum absolute atomic E-state index is 12.5. The summed E-state index contributed by atoms with van der Waals surface area (Å²) in [5, 5.41) is 4.48. The molecule has 1 aromatic heterocycles. The van der Waals surface area contributed by atoms with Gasteiger partial charge in [0.25, 0.3) is 5.91 Å².